The van der Waals surface area contributed by atoms with Gasteiger partial charge < -0.3 is 4.74 Å². The van der Waals surface area contributed by atoms with E-state index in [0.29, 0.717) is 0 Å². The van der Waals surface area contributed by atoms with Crippen molar-refractivity contribution in [3.63, 3.8) is 0 Å². The van der Waals surface area contributed by atoms with E-state index in [1.165, 1.54) is 22.4 Å². The fourth-order valence-corrected chi connectivity index (χ4v) is 8.60. The first-order chi connectivity index (χ1) is 19.4. The number of hydrogen-bond donors (Lipinski definition) is 0. The molecular formula is C36H40O4. The van der Waals surface area contributed by atoms with Crippen molar-refractivity contribution in [3.8, 4) is 0 Å². The van der Waals surface area contributed by atoms with Crippen LogP contribution in [0.1, 0.15) is 82.8 Å². The van der Waals surface area contributed by atoms with Crippen LogP contribution in [-0.2, 0) is 19.1 Å². The number of allylic oxidation sites excluding steroid dienone is 1. The van der Waals surface area contributed by atoms with E-state index in [9.17, 15) is 14.4 Å². The van der Waals surface area contributed by atoms with Crippen molar-refractivity contribution in [2.45, 2.75) is 77.7 Å². The van der Waals surface area contributed by atoms with Gasteiger partial charge in [-0.25, -0.2) is 0 Å². The summed E-state index contributed by atoms with van der Waals surface area (Å²) in [5, 5.41) is 2.40. The van der Waals surface area contributed by atoms with Crippen molar-refractivity contribution in [3.05, 3.63) is 90.0 Å². The molecule has 0 N–H and O–H groups in total. The molecule has 2 aliphatic rings. The lowest BCUT2D eigenvalue weighted by Gasteiger charge is -2.46. The van der Waals surface area contributed by atoms with E-state index in [1.807, 2.05) is 30.3 Å². The van der Waals surface area contributed by atoms with Crippen LogP contribution in [0, 0.1) is 16.7 Å². The molecule has 0 aliphatic heterocycles. The molecule has 4 heteroatoms. The number of Topliss-reactive ketones (excluding diaryl/α,β-unsaturated/α-hetero) is 1. The summed E-state index contributed by atoms with van der Waals surface area (Å²) in [5.41, 5.74) is 2.24. The van der Waals surface area contributed by atoms with Crippen LogP contribution in [0.15, 0.2) is 78.9 Å². The SMILES string of the molecule is CCC1(CC)C2CC[C@@]1(CC)C(c1cccc3ccccc13)C2OC(=O)CC(=O)CC(=O)C=Cc1ccccc1. The summed E-state index contributed by atoms with van der Waals surface area (Å²) in [6.45, 7) is 6.87. The molecule has 5 rings (SSSR count). The highest BCUT2D eigenvalue weighted by atomic mass is 16.5. The molecule has 3 unspecified atom stereocenters. The van der Waals surface area contributed by atoms with E-state index >= 15 is 0 Å². The number of fused-ring (bicyclic) bond motifs is 3. The molecule has 0 saturated heterocycles. The summed E-state index contributed by atoms with van der Waals surface area (Å²) in [4.78, 5) is 38.4. The Hall–Kier alpha value is -3.53. The van der Waals surface area contributed by atoms with Crippen LogP contribution in [0.4, 0.5) is 0 Å². The van der Waals surface area contributed by atoms with Crippen LogP contribution in [0.5, 0.6) is 0 Å². The third kappa shape index (κ3) is 4.72. The molecular weight excluding hydrogens is 496 g/mol. The fourth-order valence-electron chi connectivity index (χ4n) is 8.60. The molecule has 40 heavy (non-hydrogen) atoms. The standard InChI is InChI=1S/C36H40O4/c1-4-35(5-2)31-21-22-36(35,6-3)33(30-18-12-16-26-15-10-11-17-29(26)30)34(31)40-32(39)24-28(38)23-27(37)20-19-25-13-8-7-9-14-25/h7-20,31,33-34H,4-6,21-24H2,1-3H3/t31?,33?,34?,36-/m0/s1. The Morgan fingerprint density at radius 3 is 2.27 bits per heavy atom. The van der Waals surface area contributed by atoms with Gasteiger partial charge in [0.1, 0.15) is 12.5 Å². The summed E-state index contributed by atoms with van der Waals surface area (Å²) < 4.78 is 6.34. The van der Waals surface area contributed by atoms with E-state index < -0.39 is 11.8 Å². The lowest BCUT2D eigenvalue weighted by molar-refractivity contribution is -0.155. The largest absolute Gasteiger partial charge is 0.461 e. The minimum absolute atomic E-state index is 0.0262. The molecule has 2 saturated carbocycles. The van der Waals surface area contributed by atoms with E-state index in [1.54, 1.807) is 6.08 Å². The van der Waals surface area contributed by atoms with Crippen molar-refractivity contribution >= 4 is 34.4 Å². The summed E-state index contributed by atoms with van der Waals surface area (Å²) in [7, 11) is 0. The van der Waals surface area contributed by atoms with Crippen molar-refractivity contribution in [2.24, 2.45) is 16.7 Å². The second kappa shape index (κ2) is 11.5. The third-order valence-electron chi connectivity index (χ3n) is 10.2. The number of ketones is 2. The van der Waals surface area contributed by atoms with Gasteiger partial charge >= 0.3 is 5.97 Å². The Kier molecular flexibility index (Phi) is 8.07. The molecule has 0 spiro atoms. The zero-order valence-corrected chi connectivity index (χ0v) is 23.9. The van der Waals surface area contributed by atoms with Gasteiger partial charge in [0.25, 0.3) is 0 Å². The number of ether oxygens (including phenoxy) is 1. The van der Waals surface area contributed by atoms with E-state index in [-0.39, 0.29) is 47.4 Å². The van der Waals surface area contributed by atoms with Crippen molar-refractivity contribution in [2.75, 3.05) is 0 Å². The summed E-state index contributed by atoms with van der Waals surface area (Å²) >= 11 is 0. The monoisotopic (exact) mass is 536 g/mol. The zero-order valence-electron chi connectivity index (χ0n) is 23.9. The van der Waals surface area contributed by atoms with Gasteiger partial charge in [-0.3, -0.25) is 14.4 Å². The lowest BCUT2D eigenvalue weighted by atomic mass is 9.58. The number of rotatable bonds is 11. The van der Waals surface area contributed by atoms with E-state index in [2.05, 4.69) is 63.2 Å². The first-order valence-electron chi connectivity index (χ1n) is 14.8. The topological polar surface area (TPSA) is 60.4 Å². The Morgan fingerprint density at radius 2 is 1.55 bits per heavy atom. The zero-order chi connectivity index (χ0) is 28.3. The molecule has 0 heterocycles. The molecule has 208 valence electrons. The predicted octanol–water partition coefficient (Wildman–Crippen LogP) is 8.09. The lowest BCUT2D eigenvalue weighted by Crippen LogP contribution is -2.38. The first-order valence-corrected chi connectivity index (χ1v) is 14.8. The number of esters is 1. The molecule has 0 radical (unpaired) electrons. The number of carbonyl (C=O) groups is 3. The molecule has 3 aromatic rings. The first kappa shape index (κ1) is 28.0. The molecule has 4 nitrogen and oxygen atoms in total. The van der Waals surface area contributed by atoms with Gasteiger partial charge in [-0.1, -0.05) is 99.6 Å². The van der Waals surface area contributed by atoms with Gasteiger partial charge in [0.05, 0.1) is 6.42 Å². The number of benzene rings is 3. The summed E-state index contributed by atoms with van der Waals surface area (Å²) in [6, 6.07) is 24.4. The Balaban J connectivity index is 1.39. The average Bonchev–Trinajstić information content (AvgIpc) is 3.41. The average molecular weight is 537 g/mol. The highest BCUT2D eigenvalue weighted by molar-refractivity contribution is 6.10. The molecule has 2 fully saturated rings. The number of hydrogen-bond acceptors (Lipinski definition) is 4. The Labute approximate surface area is 237 Å². The maximum atomic E-state index is 13.3. The smallest absolute Gasteiger partial charge is 0.313 e. The van der Waals surface area contributed by atoms with Gasteiger partial charge in [-0.2, -0.15) is 0 Å². The van der Waals surface area contributed by atoms with Crippen LogP contribution >= 0.6 is 0 Å². The van der Waals surface area contributed by atoms with E-state index in [0.717, 1.165) is 37.7 Å². The quantitative estimate of drug-likeness (QED) is 0.141. The maximum absolute atomic E-state index is 13.3. The molecule has 3 aromatic carbocycles. The predicted molar refractivity (Wildman–Crippen MR) is 160 cm³/mol. The molecule has 0 amide bonds. The van der Waals surface area contributed by atoms with E-state index in [4.69, 9.17) is 4.74 Å². The minimum Gasteiger partial charge on any atom is -0.461 e. The highest BCUT2D eigenvalue weighted by Crippen LogP contribution is 2.75. The summed E-state index contributed by atoms with van der Waals surface area (Å²) in [5.74, 6) is -0.909. The fraction of sp³-hybridized carbons (Fsp3) is 0.417. The Morgan fingerprint density at radius 1 is 0.850 bits per heavy atom. The van der Waals surface area contributed by atoms with Gasteiger partial charge in [-0.15, -0.1) is 0 Å². The maximum Gasteiger partial charge on any atom is 0.313 e. The molecule has 2 bridgehead atoms. The van der Waals surface area contributed by atoms with Crippen molar-refractivity contribution in [1.29, 1.82) is 0 Å². The van der Waals surface area contributed by atoms with Crippen LogP contribution in [0.3, 0.4) is 0 Å². The molecule has 4 atom stereocenters. The third-order valence-corrected chi connectivity index (χ3v) is 10.2. The van der Waals surface area contributed by atoms with Crippen LogP contribution < -0.4 is 0 Å². The van der Waals surface area contributed by atoms with Crippen LogP contribution in [-0.4, -0.2) is 23.6 Å². The minimum atomic E-state index is -0.514. The van der Waals surface area contributed by atoms with Crippen molar-refractivity contribution in [1.82, 2.24) is 0 Å². The highest BCUT2D eigenvalue weighted by Gasteiger charge is 2.71. The van der Waals surface area contributed by atoms with Crippen LogP contribution in [0.2, 0.25) is 0 Å². The molecule has 0 aromatic heterocycles. The normalized spacial score (nSPS) is 24.9. The summed E-state index contributed by atoms with van der Waals surface area (Å²) in [6.07, 6.45) is 7.40. The molecule has 2 aliphatic carbocycles. The van der Waals surface area contributed by atoms with Crippen molar-refractivity contribution < 1.29 is 19.1 Å². The Bertz CT molecular complexity index is 1410. The van der Waals surface area contributed by atoms with Crippen LogP contribution in [0.25, 0.3) is 16.8 Å². The van der Waals surface area contributed by atoms with Gasteiger partial charge in [0.15, 0.2) is 11.6 Å². The van der Waals surface area contributed by atoms with Gasteiger partial charge in [-0.05, 0) is 70.9 Å². The van der Waals surface area contributed by atoms with Gasteiger partial charge in [0.2, 0.25) is 0 Å². The van der Waals surface area contributed by atoms with Gasteiger partial charge in [0, 0.05) is 11.8 Å². The second-order valence-electron chi connectivity index (χ2n) is 11.6. The second-order valence-corrected chi connectivity index (χ2v) is 11.6. The number of carbonyl (C=O) groups excluding carboxylic acids is 3.